The number of Topliss-reactive ketones (excluding diaryl/α,β-unsaturated/α-hetero) is 1. The van der Waals surface area contributed by atoms with Gasteiger partial charge in [0.15, 0.2) is 5.78 Å². The Hall–Kier alpha value is -2.23. The van der Waals surface area contributed by atoms with Gasteiger partial charge in [0.05, 0.1) is 6.61 Å². The molecule has 0 aromatic heterocycles. The summed E-state index contributed by atoms with van der Waals surface area (Å²) >= 11 is 0. The van der Waals surface area contributed by atoms with Crippen LogP contribution in [0.3, 0.4) is 0 Å². The number of rotatable bonds is 5. The van der Waals surface area contributed by atoms with Gasteiger partial charge in [-0.1, -0.05) is 54.1 Å². The zero-order valence-electron chi connectivity index (χ0n) is 15.8. The minimum absolute atomic E-state index is 0.00712. The molecule has 3 nitrogen and oxygen atoms in total. The highest BCUT2D eigenvalue weighted by molar-refractivity contribution is 6.11. The first-order valence-electron chi connectivity index (χ1n) is 9.19. The van der Waals surface area contributed by atoms with E-state index in [4.69, 9.17) is 0 Å². The van der Waals surface area contributed by atoms with Gasteiger partial charge in [0, 0.05) is 36.7 Å². The van der Waals surface area contributed by atoms with E-state index in [9.17, 15) is 9.90 Å². The normalized spacial score (nSPS) is 17.8. The van der Waals surface area contributed by atoms with Crippen molar-refractivity contribution in [1.82, 2.24) is 4.90 Å². The number of hydrogen-bond acceptors (Lipinski definition) is 3. The Bertz CT molecular complexity index is 800. The van der Waals surface area contributed by atoms with E-state index in [1.807, 2.05) is 45.0 Å². The Morgan fingerprint density at radius 3 is 2.38 bits per heavy atom. The van der Waals surface area contributed by atoms with Crippen LogP contribution in [-0.2, 0) is 6.54 Å². The summed E-state index contributed by atoms with van der Waals surface area (Å²) in [6.07, 6.45) is 2.01. The molecule has 0 fully saturated rings. The number of aryl methyl sites for hydroxylation is 3. The molecule has 26 heavy (non-hydrogen) atoms. The summed E-state index contributed by atoms with van der Waals surface area (Å²) < 4.78 is 0. The number of carbonyl (C=O) groups excluding carboxylic acids is 1. The van der Waals surface area contributed by atoms with E-state index in [-0.39, 0.29) is 18.3 Å². The summed E-state index contributed by atoms with van der Waals surface area (Å²) in [5.41, 5.74) is 5.98. The summed E-state index contributed by atoms with van der Waals surface area (Å²) in [7, 11) is 0. The third-order valence-electron chi connectivity index (χ3n) is 5.12. The van der Waals surface area contributed by atoms with Crippen molar-refractivity contribution in [3.8, 4) is 0 Å². The van der Waals surface area contributed by atoms with Crippen LogP contribution in [-0.4, -0.2) is 35.5 Å². The lowest BCUT2D eigenvalue weighted by atomic mass is 9.85. The molecule has 3 rings (SSSR count). The minimum Gasteiger partial charge on any atom is -0.396 e. The van der Waals surface area contributed by atoms with Gasteiger partial charge >= 0.3 is 0 Å². The van der Waals surface area contributed by atoms with E-state index in [1.54, 1.807) is 0 Å². The fourth-order valence-corrected chi connectivity index (χ4v) is 3.97. The lowest BCUT2D eigenvalue weighted by molar-refractivity contribution is 0.0979. The molecule has 2 aromatic carbocycles. The Kier molecular flexibility index (Phi) is 5.70. The molecule has 136 valence electrons. The summed E-state index contributed by atoms with van der Waals surface area (Å²) in [6, 6.07) is 14.4. The molecular formula is C23H27NO2. The van der Waals surface area contributed by atoms with Crippen molar-refractivity contribution >= 4 is 5.78 Å². The highest BCUT2D eigenvalue weighted by atomic mass is 16.3. The molecule has 3 heteroatoms. The molecule has 1 heterocycles. The molecule has 1 atom stereocenters. The van der Waals surface area contributed by atoms with Crippen molar-refractivity contribution in [3.63, 3.8) is 0 Å². The first-order chi connectivity index (χ1) is 12.5. The van der Waals surface area contributed by atoms with Crippen molar-refractivity contribution in [1.29, 1.82) is 0 Å². The molecule has 0 bridgehead atoms. The van der Waals surface area contributed by atoms with Crippen LogP contribution >= 0.6 is 0 Å². The third kappa shape index (κ3) is 3.95. The number of ketones is 1. The van der Waals surface area contributed by atoms with Crippen LogP contribution in [0.4, 0.5) is 0 Å². The first-order valence-corrected chi connectivity index (χ1v) is 9.19. The second kappa shape index (κ2) is 7.98. The smallest absolute Gasteiger partial charge is 0.189 e. The molecule has 0 spiro atoms. The fourth-order valence-electron chi connectivity index (χ4n) is 3.97. The molecule has 2 aromatic rings. The Morgan fingerprint density at radius 1 is 1.12 bits per heavy atom. The average molecular weight is 349 g/mol. The largest absolute Gasteiger partial charge is 0.396 e. The van der Waals surface area contributed by atoms with E-state index in [1.165, 1.54) is 11.1 Å². The monoisotopic (exact) mass is 349 g/mol. The second-order valence-corrected chi connectivity index (χ2v) is 7.32. The first kappa shape index (κ1) is 18.6. The number of aliphatic hydroxyl groups excluding tert-OH is 1. The van der Waals surface area contributed by atoms with Crippen molar-refractivity contribution in [2.75, 3.05) is 19.7 Å². The molecular weight excluding hydrogens is 322 g/mol. The Labute approximate surface area is 156 Å². The van der Waals surface area contributed by atoms with Crippen LogP contribution in [0.1, 0.15) is 32.6 Å². The van der Waals surface area contributed by atoms with Crippen molar-refractivity contribution in [3.05, 3.63) is 81.9 Å². The minimum atomic E-state index is -0.139. The average Bonchev–Trinajstić information content (AvgIpc) is 2.61. The molecule has 0 aliphatic carbocycles. The second-order valence-electron chi connectivity index (χ2n) is 7.32. The van der Waals surface area contributed by atoms with Crippen LogP contribution in [0.15, 0.2) is 54.1 Å². The van der Waals surface area contributed by atoms with Gasteiger partial charge in [-0.15, -0.1) is 0 Å². The molecule has 0 saturated heterocycles. The van der Waals surface area contributed by atoms with Crippen molar-refractivity contribution < 1.29 is 9.90 Å². The number of hydrogen-bond donors (Lipinski definition) is 1. The Morgan fingerprint density at radius 2 is 1.77 bits per heavy atom. The Balaban J connectivity index is 1.83. The molecule has 0 amide bonds. The van der Waals surface area contributed by atoms with Crippen LogP contribution < -0.4 is 0 Å². The number of carbonyl (C=O) groups is 1. The van der Waals surface area contributed by atoms with E-state index >= 15 is 0 Å². The summed E-state index contributed by atoms with van der Waals surface area (Å²) in [5.74, 6) is -0.0709. The van der Waals surface area contributed by atoms with E-state index in [0.29, 0.717) is 6.54 Å². The number of nitrogens with zero attached hydrogens (tertiary/aromatic N) is 1. The predicted octanol–water partition coefficient (Wildman–Crippen LogP) is 3.85. The van der Waals surface area contributed by atoms with Crippen LogP contribution in [0.25, 0.3) is 0 Å². The highest BCUT2D eigenvalue weighted by Crippen LogP contribution is 2.27. The van der Waals surface area contributed by atoms with Gasteiger partial charge in [-0.05, 0) is 37.5 Å². The topological polar surface area (TPSA) is 40.5 Å². The lowest BCUT2D eigenvalue weighted by Gasteiger charge is -2.32. The van der Waals surface area contributed by atoms with E-state index in [2.05, 4.69) is 29.2 Å². The SMILES string of the molecule is Cc1cc(C)c(C(=O)C2=CCN(Cc3ccccc3)CC2CO)c(C)c1. The van der Waals surface area contributed by atoms with Gasteiger partial charge in [0.25, 0.3) is 0 Å². The summed E-state index contributed by atoms with van der Waals surface area (Å²) in [5, 5.41) is 9.90. The zero-order valence-corrected chi connectivity index (χ0v) is 15.8. The standard InChI is InChI=1S/C23H27NO2/c1-16-11-17(2)22(18(3)12-16)23(26)21-9-10-24(14-20(21)15-25)13-19-7-5-4-6-8-19/h4-9,11-12,20,25H,10,13-15H2,1-3H3. The molecule has 0 saturated carbocycles. The molecule has 1 unspecified atom stereocenters. The van der Waals surface area contributed by atoms with Crippen molar-refractivity contribution in [2.45, 2.75) is 27.3 Å². The highest BCUT2D eigenvalue weighted by Gasteiger charge is 2.28. The summed E-state index contributed by atoms with van der Waals surface area (Å²) in [6.45, 7) is 8.29. The van der Waals surface area contributed by atoms with Crippen LogP contribution in [0, 0.1) is 26.7 Å². The van der Waals surface area contributed by atoms with Gasteiger partial charge in [0.1, 0.15) is 0 Å². The maximum absolute atomic E-state index is 13.2. The van der Waals surface area contributed by atoms with Crippen LogP contribution in [0.5, 0.6) is 0 Å². The summed E-state index contributed by atoms with van der Waals surface area (Å²) in [4.78, 5) is 15.5. The van der Waals surface area contributed by atoms with Crippen molar-refractivity contribution in [2.24, 2.45) is 5.92 Å². The molecule has 1 aliphatic heterocycles. The number of benzene rings is 2. The lowest BCUT2D eigenvalue weighted by Crippen LogP contribution is -2.38. The zero-order chi connectivity index (χ0) is 18.7. The molecule has 1 aliphatic rings. The maximum atomic E-state index is 13.2. The third-order valence-corrected chi connectivity index (χ3v) is 5.12. The predicted molar refractivity (Wildman–Crippen MR) is 105 cm³/mol. The van der Waals surface area contributed by atoms with E-state index in [0.717, 1.165) is 35.4 Å². The van der Waals surface area contributed by atoms with Gasteiger partial charge < -0.3 is 5.11 Å². The maximum Gasteiger partial charge on any atom is 0.189 e. The van der Waals surface area contributed by atoms with Gasteiger partial charge in [-0.25, -0.2) is 0 Å². The quantitative estimate of drug-likeness (QED) is 0.834. The van der Waals surface area contributed by atoms with Gasteiger partial charge in [-0.3, -0.25) is 9.69 Å². The number of aliphatic hydroxyl groups is 1. The molecule has 1 N–H and O–H groups in total. The van der Waals surface area contributed by atoms with Gasteiger partial charge in [0.2, 0.25) is 0 Å². The molecule has 0 radical (unpaired) electrons. The van der Waals surface area contributed by atoms with Gasteiger partial charge in [-0.2, -0.15) is 0 Å². The van der Waals surface area contributed by atoms with Crippen LogP contribution in [0.2, 0.25) is 0 Å². The fraction of sp³-hybridized carbons (Fsp3) is 0.348. The van der Waals surface area contributed by atoms with E-state index < -0.39 is 0 Å².